The molecular weight excluding hydrogens is 330 g/mol. The Kier molecular flexibility index (Phi) is 5.15. The van der Waals surface area contributed by atoms with E-state index >= 15 is 0 Å². The molecule has 7 nitrogen and oxygen atoms in total. The monoisotopic (exact) mass is 355 g/mol. The van der Waals surface area contributed by atoms with E-state index in [0.29, 0.717) is 24.8 Å². The van der Waals surface area contributed by atoms with Gasteiger partial charge in [-0.2, -0.15) is 0 Å². The normalized spacial score (nSPS) is 19.5. The first kappa shape index (κ1) is 17.0. The van der Waals surface area contributed by atoms with Gasteiger partial charge in [-0.15, -0.1) is 5.10 Å². The third-order valence-electron chi connectivity index (χ3n) is 5.19. The summed E-state index contributed by atoms with van der Waals surface area (Å²) in [5.74, 6) is 0.866. The standard InChI is InChI=1S/C19H25N5O2/c25-19(18-14-24(22-21-18)15-6-10-20-11-7-15)23-12-8-17(9-13-23)26-16-4-2-1-3-5-16/h1-5,14-15,17,20H,6-13H2. The molecule has 2 fully saturated rings. The third-order valence-corrected chi connectivity index (χ3v) is 5.19. The first-order valence-electron chi connectivity index (χ1n) is 9.43. The molecule has 1 amide bonds. The van der Waals surface area contributed by atoms with Crippen LogP contribution in [0.25, 0.3) is 0 Å². The van der Waals surface area contributed by atoms with Crippen LogP contribution in [0.4, 0.5) is 0 Å². The lowest BCUT2D eigenvalue weighted by molar-refractivity contribution is 0.0590. The third kappa shape index (κ3) is 3.88. The summed E-state index contributed by atoms with van der Waals surface area (Å²) >= 11 is 0. The molecule has 0 radical (unpaired) electrons. The van der Waals surface area contributed by atoms with Crippen molar-refractivity contribution < 1.29 is 9.53 Å². The molecule has 2 saturated heterocycles. The lowest BCUT2D eigenvalue weighted by atomic mass is 10.1. The number of para-hydroxylation sites is 1. The van der Waals surface area contributed by atoms with Crippen LogP contribution in [0.1, 0.15) is 42.2 Å². The molecule has 7 heteroatoms. The van der Waals surface area contributed by atoms with Crippen LogP contribution < -0.4 is 10.1 Å². The van der Waals surface area contributed by atoms with Gasteiger partial charge in [0.2, 0.25) is 0 Å². The molecule has 26 heavy (non-hydrogen) atoms. The first-order valence-corrected chi connectivity index (χ1v) is 9.43. The number of ether oxygens (including phenoxy) is 1. The Morgan fingerprint density at radius 3 is 2.54 bits per heavy atom. The average molecular weight is 355 g/mol. The number of piperidine rings is 2. The van der Waals surface area contributed by atoms with Crippen LogP contribution in [0.3, 0.4) is 0 Å². The van der Waals surface area contributed by atoms with Crippen LogP contribution in [0.2, 0.25) is 0 Å². The highest BCUT2D eigenvalue weighted by Gasteiger charge is 2.27. The molecule has 138 valence electrons. The molecule has 1 aromatic carbocycles. The van der Waals surface area contributed by atoms with Crippen LogP contribution in [0.15, 0.2) is 36.5 Å². The molecule has 0 saturated carbocycles. The van der Waals surface area contributed by atoms with Crippen molar-refractivity contribution in [3.63, 3.8) is 0 Å². The highest BCUT2D eigenvalue weighted by atomic mass is 16.5. The van der Waals surface area contributed by atoms with Crippen molar-refractivity contribution in [1.29, 1.82) is 0 Å². The van der Waals surface area contributed by atoms with Gasteiger partial charge in [0.25, 0.3) is 5.91 Å². The van der Waals surface area contributed by atoms with E-state index in [2.05, 4.69) is 15.6 Å². The second-order valence-corrected chi connectivity index (χ2v) is 6.99. The van der Waals surface area contributed by atoms with Gasteiger partial charge in [-0.25, -0.2) is 4.68 Å². The smallest absolute Gasteiger partial charge is 0.276 e. The van der Waals surface area contributed by atoms with Crippen molar-refractivity contribution in [3.8, 4) is 5.75 Å². The Hall–Kier alpha value is -2.41. The van der Waals surface area contributed by atoms with Gasteiger partial charge in [0.1, 0.15) is 11.9 Å². The van der Waals surface area contributed by atoms with Crippen LogP contribution >= 0.6 is 0 Å². The highest BCUT2D eigenvalue weighted by molar-refractivity contribution is 5.92. The van der Waals surface area contributed by atoms with E-state index < -0.39 is 0 Å². The van der Waals surface area contributed by atoms with Crippen molar-refractivity contribution in [3.05, 3.63) is 42.2 Å². The van der Waals surface area contributed by atoms with Crippen molar-refractivity contribution >= 4 is 5.91 Å². The van der Waals surface area contributed by atoms with Gasteiger partial charge in [-0.1, -0.05) is 23.4 Å². The first-order chi connectivity index (χ1) is 12.8. The minimum Gasteiger partial charge on any atom is -0.490 e. The quantitative estimate of drug-likeness (QED) is 0.907. The highest BCUT2D eigenvalue weighted by Crippen LogP contribution is 2.21. The number of carbonyl (C=O) groups excluding carboxylic acids is 1. The molecule has 3 heterocycles. The Morgan fingerprint density at radius 1 is 1.08 bits per heavy atom. The molecule has 1 aromatic heterocycles. The van der Waals surface area contributed by atoms with Gasteiger partial charge in [0.05, 0.1) is 12.2 Å². The predicted molar refractivity (Wildman–Crippen MR) is 97.2 cm³/mol. The van der Waals surface area contributed by atoms with Crippen LogP contribution in [-0.2, 0) is 0 Å². The van der Waals surface area contributed by atoms with Crippen molar-refractivity contribution in [2.45, 2.75) is 37.8 Å². The van der Waals surface area contributed by atoms with Gasteiger partial charge >= 0.3 is 0 Å². The van der Waals surface area contributed by atoms with E-state index in [4.69, 9.17) is 4.74 Å². The number of hydrogen-bond acceptors (Lipinski definition) is 5. The lowest BCUT2D eigenvalue weighted by Crippen LogP contribution is -2.42. The van der Waals surface area contributed by atoms with Crippen molar-refractivity contribution in [2.75, 3.05) is 26.2 Å². The van der Waals surface area contributed by atoms with Gasteiger partial charge in [-0.05, 0) is 38.1 Å². The fourth-order valence-corrected chi connectivity index (χ4v) is 3.65. The molecule has 0 atom stereocenters. The Morgan fingerprint density at radius 2 is 1.81 bits per heavy atom. The SMILES string of the molecule is O=C(c1cn(C2CCNCC2)nn1)N1CCC(Oc2ccccc2)CC1. The van der Waals surface area contributed by atoms with E-state index in [1.165, 1.54) is 0 Å². The summed E-state index contributed by atoms with van der Waals surface area (Å²) in [6, 6.07) is 10.2. The number of carbonyl (C=O) groups is 1. The summed E-state index contributed by atoms with van der Waals surface area (Å²) in [5.41, 5.74) is 0.450. The average Bonchev–Trinajstić information content (AvgIpc) is 3.20. The molecule has 2 aliphatic heterocycles. The van der Waals surface area contributed by atoms with Crippen LogP contribution in [-0.4, -0.2) is 58.1 Å². The van der Waals surface area contributed by atoms with E-state index in [1.54, 1.807) is 0 Å². The van der Waals surface area contributed by atoms with Gasteiger partial charge in [0, 0.05) is 25.9 Å². The summed E-state index contributed by atoms with van der Waals surface area (Å²) in [5, 5.41) is 11.7. The zero-order valence-electron chi connectivity index (χ0n) is 14.9. The van der Waals surface area contributed by atoms with E-state index in [9.17, 15) is 4.79 Å². The summed E-state index contributed by atoms with van der Waals surface area (Å²) in [4.78, 5) is 14.6. The maximum atomic E-state index is 12.7. The molecule has 2 aliphatic rings. The molecule has 2 aromatic rings. The number of benzene rings is 1. The Bertz CT molecular complexity index is 719. The number of aromatic nitrogens is 3. The summed E-state index contributed by atoms with van der Waals surface area (Å²) in [6.45, 7) is 3.36. The number of nitrogens with zero attached hydrogens (tertiary/aromatic N) is 4. The number of likely N-dealkylation sites (tertiary alicyclic amines) is 1. The minimum absolute atomic E-state index is 0.0247. The van der Waals surface area contributed by atoms with Gasteiger partial charge in [-0.3, -0.25) is 4.79 Å². The second kappa shape index (κ2) is 7.86. The Labute approximate surface area is 153 Å². The fourth-order valence-electron chi connectivity index (χ4n) is 3.65. The Balaban J connectivity index is 1.31. The maximum Gasteiger partial charge on any atom is 0.276 e. The number of rotatable bonds is 4. The molecule has 0 spiro atoms. The molecule has 4 rings (SSSR count). The van der Waals surface area contributed by atoms with Gasteiger partial charge < -0.3 is 15.0 Å². The van der Waals surface area contributed by atoms with E-state index in [0.717, 1.165) is 44.5 Å². The zero-order chi connectivity index (χ0) is 17.8. The minimum atomic E-state index is -0.0247. The topological polar surface area (TPSA) is 72.3 Å². The molecule has 0 bridgehead atoms. The lowest BCUT2D eigenvalue weighted by Gasteiger charge is -2.31. The largest absolute Gasteiger partial charge is 0.490 e. The second-order valence-electron chi connectivity index (χ2n) is 6.99. The van der Waals surface area contributed by atoms with E-state index in [-0.39, 0.29) is 12.0 Å². The molecule has 0 aliphatic carbocycles. The summed E-state index contributed by atoms with van der Waals surface area (Å²) in [7, 11) is 0. The number of hydrogen-bond donors (Lipinski definition) is 1. The maximum absolute atomic E-state index is 12.7. The van der Waals surface area contributed by atoms with Crippen molar-refractivity contribution in [2.24, 2.45) is 0 Å². The van der Waals surface area contributed by atoms with E-state index in [1.807, 2.05) is 46.1 Å². The van der Waals surface area contributed by atoms with Crippen LogP contribution in [0, 0.1) is 0 Å². The molecule has 1 N–H and O–H groups in total. The molecule has 0 unspecified atom stereocenters. The number of nitrogens with one attached hydrogen (secondary N) is 1. The molecular formula is C19H25N5O2. The summed E-state index contributed by atoms with van der Waals surface area (Å²) < 4.78 is 7.86. The zero-order valence-corrected chi connectivity index (χ0v) is 14.9. The van der Waals surface area contributed by atoms with Crippen molar-refractivity contribution in [1.82, 2.24) is 25.2 Å². The van der Waals surface area contributed by atoms with Gasteiger partial charge in [0.15, 0.2) is 5.69 Å². The fraction of sp³-hybridized carbons (Fsp3) is 0.526. The summed E-state index contributed by atoms with van der Waals surface area (Å²) in [6.07, 6.45) is 5.70. The van der Waals surface area contributed by atoms with Crippen LogP contribution in [0.5, 0.6) is 5.75 Å². The predicted octanol–water partition coefficient (Wildman–Crippen LogP) is 1.89. The number of amides is 1.